The second kappa shape index (κ2) is 5.49. The number of nitrogens with zero attached hydrogens (tertiary/aromatic N) is 2. The lowest BCUT2D eigenvalue weighted by molar-refractivity contribution is -0.123. The molecule has 2 heterocycles. The van der Waals surface area contributed by atoms with Gasteiger partial charge in [0.15, 0.2) is 0 Å². The number of aryl methyl sites for hydroxylation is 1. The molecule has 3 rings (SSSR count). The smallest absolute Gasteiger partial charge is 0.227 e. The molecule has 0 aliphatic heterocycles. The normalized spacial score (nSPS) is 17.6. The van der Waals surface area contributed by atoms with E-state index in [4.69, 9.17) is 0 Å². The fourth-order valence-corrected chi connectivity index (χ4v) is 2.93. The molecule has 104 valence electrons. The molecule has 20 heavy (non-hydrogen) atoms. The predicted octanol–water partition coefficient (Wildman–Crippen LogP) is 2.16. The van der Waals surface area contributed by atoms with Gasteiger partial charge in [0.1, 0.15) is 0 Å². The van der Waals surface area contributed by atoms with E-state index in [1.165, 1.54) is 11.3 Å². The Morgan fingerprint density at radius 3 is 3.00 bits per heavy atom. The summed E-state index contributed by atoms with van der Waals surface area (Å²) in [6.07, 6.45) is 8.65. The SMILES string of the molecule is Cn1ccc2c1CCCC2C(=O)NCc1ccncc1. The largest absolute Gasteiger partial charge is 0.354 e. The van der Waals surface area contributed by atoms with Crippen molar-refractivity contribution in [3.8, 4) is 0 Å². The van der Waals surface area contributed by atoms with Crippen LogP contribution in [0.2, 0.25) is 0 Å². The molecule has 2 aromatic heterocycles. The van der Waals surface area contributed by atoms with Crippen LogP contribution >= 0.6 is 0 Å². The average Bonchev–Trinajstić information content (AvgIpc) is 2.87. The van der Waals surface area contributed by atoms with Crippen molar-refractivity contribution in [1.82, 2.24) is 14.9 Å². The molecule has 0 fully saturated rings. The summed E-state index contributed by atoms with van der Waals surface area (Å²) in [5, 5.41) is 3.04. The Morgan fingerprint density at radius 2 is 2.20 bits per heavy atom. The summed E-state index contributed by atoms with van der Waals surface area (Å²) in [4.78, 5) is 16.4. The Bertz CT molecular complexity index is 603. The van der Waals surface area contributed by atoms with Gasteiger partial charge in [0.05, 0.1) is 5.92 Å². The number of carbonyl (C=O) groups is 1. The number of rotatable bonds is 3. The van der Waals surface area contributed by atoms with Crippen molar-refractivity contribution in [3.63, 3.8) is 0 Å². The zero-order chi connectivity index (χ0) is 13.9. The first-order valence-electron chi connectivity index (χ1n) is 7.06. The summed E-state index contributed by atoms with van der Waals surface area (Å²) in [6, 6.07) is 5.94. The summed E-state index contributed by atoms with van der Waals surface area (Å²) in [5.41, 5.74) is 3.59. The van der Waals surface area contributed by atoms with Gasteiger partial charge in [0, 0.05) is 37.9 Å². The molecule has 0 radical (unpaired) electrons. The number of amides is 1. The van der Waals surface area contributed by atoms with Crippen LogP contribution in [0.1, 0.15) is 35.6 Å². The van der Waals surface area contributed by atoms with Crippen LogP contribution in [0.4, 0.5) is 0 Å². The van der Waals surface area contributed by atoms with Crippen LogP contribution in [-0.4, -0.2) is 15.5 Å². The van der Waals surface area contributed by atoms with Crippen molar-refractivity contribution in [1.29, 1.82) is 0 Å². The highest BCUT2D eigenvalue weighted by Gasteiger charge is 2.27. The zero-order valence-electron chi connectivity index (χ0n) is 11.7. The van der Waals surface area contributed by atoms with Gasteiger partial charge in [-0.2, -0.15) is 0 Å². The second-order valence-electron chi connectivity index (χ2n) is 5.35. The quantitative estimate of drug-likeness (QED) is 0.928. The highest BCUT2D eigenvalue weighted by molar-refractivity contribution is 5.84. The maximum Gasteiger partial charge on any atom is 0.227 e. The monoisotopic (exact) mass is 269 g/mol. The van der Waals surface area contributed by atoms with Crippen LogP contribution in [0.3, 0.4) is 0 Å². The van der Waals surface area contributed by atoms with E-state index in [0.717, 1.165) is 24.8 Å². The van der Waals surface area contributed by atoms with Gasteiger partial charge < -0.3 is 9.88 Å². The van der Waals surface area contributed by atoms with Crippen molar-refractivity contribution >= 4 is 5.91 Å². The third-order valence-corrected chi connectivity index (χ3v) is 4.05. The minimum absolute atomic E-state index is 0.00165. The van der Waals surface area contributed by atoms with Gasteiger partial charge in [-0.05, 0) is 48.6 Å². The summed E-state index contributed by atoms with van der Waals surface area (Å²) < 4.78 is 2.14. The van der Waals surface area contributed by atoms with E-state index in [1.54, 1.807) is 12.4 Å². The van der Waals surface area contributed by atoms with Crippen LogP contribution in [0.15, 0.2) is 36.8 Å². The molecule has 1 aliphatic carbocycles. The van der Waals surface area contributed by atoms with E-state index in [9.17, 15) is 4.79 Å². The predicted molar refractivity (Wildman–Crippen MR) is 77.2 cm³/mol. The third kappa shape index (κ3) is 2.46. The molecule has 4 heteroatoms. The lowest BCUT2D eigenvalue weighted by Crippen LogP contribution is -2.31. The van der Waals surface area contributed by atoms with E-state index in [1.807, 2.05) is 12.1 Å². The van der Waals surface area contributed by atoms with Gasteiger partial charge >= 0.3 is 0 Å². The van der Waals surface area contributed by atoms with Gasteiger partial charge in [0.25, 0.3) is 0 Å². The fourth-order valence-electron chi connectivity index (χ4n) is 2.93. The molecule has 0 saturated heterocycles. The number of carbonyl (C=O) groups excluding carboxylic acids is 1. The summed E-state index contributed by atoms with van der Waals surface area (Å²) in [5.74, 6) is 0.135. The number of nitrogens with one attached hydrogen (secondary N) is 1. The first-order valence-corrected chi connectivity index (χ1v) is 7.06. The molecule has 0 bridgehead atoms. The topological polar surface area (TPSA) is 46.9 Å². The Labute approximate surface area is 118 Å². The van der Waals surface area contributed by atoms with Crippen LogP contribution in [0.25, 0.3) is 0 Å². The molecule has 0 saturated carbocycles. The van der Waals surface area contributed by atoms with Gasteiger partial charge in [-0.25, -0.2) is 0 Å². The fraction of sp³-hybridized carbons (Fsp3) is 0.375. The number of pyridine rings is 1. The van der Waals surface area contributed by atoms with E-state index in [-0.39, 0.29) is 11.8 Å². The van der Waals surface area contributed by atoms with Gasteiger partial charge in [-0.3, -0.25) is 9.78 Å². The molecule has 2 aromatic rings. The van der Waals surface area contributed by atoms with Gasteiger partial charge in [-0.1, -0.05) is 0 Å². The van der Waals surface area contributed by atoms with E-state index in [2.05, 4.69) is 34.2 Å². The Morgan fingerprint density at radius 1 is 1.40 bits per heavy atom. The van der Waals surface area contributed by atoms with Crippen molar-refractivity contribution in [2.24, 2.45) is 7.05 Å². The zero-order valence-corrected chi connectivity index (χ0v) is 11.7. The number of hydrogen-bond donors (Lipinski definition) is 1. The van der Waals surface area contributed by atoms with Crippen LogP contribution in [-0.2, 0) is 24.8 Å². The second-order valence-corrected chi connectivity index (χ2v) is 5.35. The van der Waals surface area contributed by atoms with Gasteiger partial charge in [-0.15, -0.1) is 0 Å². The molecular weight excluding hydrogens is 250 g/mol. The van der Waals surface area contributed by atoms with Crippen molar-refractivity contribution < 1.29 is 4.79 Å². The molecule has 1 unspecified atom stereocenters. The van der Waals surface area contributed by atoms with E-state index >= 15 is 0 Å². The van der Waals surface area contributed by atoms with E-state index in [0.29, 0.717) is 6.54 Å². The maximum absolute atomic E-state index is 12.4. The minimum atomic E-state index is 0.00165. The first kappa shape index (κ1) is 12.9. The Kier molecular flexibility index (Phi) is 3.54. The van der Waals surface area contributed by atoms with E-state index < -0.39 is 0 Å². The number of hydrogen-bond acceptors (Lipinski definition) is 2. The maximum atomic E-state index is 12.4. The Balaban J connectivity index is 1.69. The summed E-state index contributed by atoms with van der Waals surface area (Å²) in [7, 11) is 2.05. The van der Waals surface area contributed by atoms with Crippen molar-refractivity contribution in [2.45, 2.75) is 31.7 Å². The lowest BCUT2D eigenvalue weighted by Gasteiger charge is -2.23. The summed E-state index contributed by atoms with van der Waals surface area (Å²) >= 11 is 0. The number of fused-ring (bicyclic) bond motifs is 1. The highest BCUT2D eigenvalue weighted by Crippen LogP contribution is 2.32. The van der Waals surface area contributed by atoms with Crippen LogP contribution < -0.4 is 5.32 Å². The van der Waals surface area contributed by atoms with Crippen molar-refractivity contribution in [2.75, 3.05) is 0 Å². The van der Waals surface area contributed by atoms with Crippen LogP contribution in [0.5, 0.6) is 0 Å². The average molecular weight is 269 g/mol. The molecule has 1 aliphatic rings. The summed E-state index contributed by atoms with van der Waals surface area (Å²) in [6.45, 7) is 0.569. The molecule has 1 N–H and O–H groups in total. The van der Waals surface area contributed by atoms with Gasteiger partial charge in [0.2, 0.25) is 5.91 Å². The third-order valence-electron chi connectivity index (χ3n) is 4.05. The van der Waals surface area contributed by atoms with Crippen LogP contribution in [0, 0.1) is 0 Å². The first-order chi connectivity index (χ1) is 9.75. The lowest BCUT2D eigenvalue weighted by atomic mass is 9.86. The molecule has 1 atom stereocenters. The molecule has 4 nitrogen and oxygen atoms in total. The molecule has 0 aromatic carbocycles. The standard InChI is InChI=1S/C16H19N3O/c1-19-10-7-13-14(3-2-4-15(13)19)16(20)18-11-12-5-8-17-9-6-12/h5-10,14H,2-4,11H2,1H3,(H,18,20). The highest BCUT2D eigenvalue weighted by atomic mass is 16.1. The molecule has 0 spiro atoms. The number of aromatic nitrogens is 2. The Hall–Kier alpha value is -2.10. The molecule has 1 amide bonds. The minimum Gasteiger partial charge on any atom is -0.354 e. The molecular formula is C16H19N3O. The van der Waals surface area contributed by atoms with Crippen molar-refractivity contribution in [3.05, 3.63) is 53.6 Å².